The first-order valence-corrected chi connectivity index (χ1v) is 10.8. The van der Waals surface area contributed by atoms with E-state index >= 15 is 0 Å². The van der Waals surface area contributed by atoms with Crippen molar-refractivity contribution < 1.29 is 28.7 Å². The summed E-state index contributed by atoms with van der Waals surface area (Å²) in [5, 5.41) is 5.49. The molecule has 0 aliphatic carbocycles. The van der Waals surface area contributed by atoms with Crippen molar-refractivity contribution >= 4 is 23.9 Å². The topological polar surface area (TPSA) is 114 Å². The van der Waals surface area contributed by atoms with Gasteiger partial charge in [0.25, 0.3) is 0 Å². The van der Waals surface area contributed by atoms with Crippen molar-refractivity contribution in [2.24, 2.45) is 0 Å². The molecule has 0 unspecified atom stereocenters. The molecule has 0 saturated heterocycles. The van der Waals surface area contributed by atoms with Crippen molar-refractivity contribution in [3.8, 4) is 0 Å². The normalized spacial score (nSPS) is 10.8. The molecule has 2 N–H and O–H groups in total. The van der Waals surface area contributed by atoms with E-state index < -0.39 is 17.7 Å². The number of nitrogens with zero attached hydrogens (tertiary/aromatic N) is 1. The van der Waals surface area contributed by atoms with Crippen molar-refractivity contribution in [3.63, 3.8) is 0 Å². The zero-order valence-electron chi connectivity index (χ0n) is 19.2. The largest absolute Gasteiger partial charge is 0.466 e. The highest BCUT2D eigenvalue weighted by Gasteiger charge is 2.17. The van der Waals surface area contributed by atoms with Crippen LogP contribution in [-0.4, -0.2) is 67.2 Å². The monoisotopic (exact) mass is 429 g/mol. The Bertz CT molecular complexity index is 545. The van der Waals surface area contributed by atoms with Gasteiger partial charge >= 0.3 is 12.1 Å². The van der Waals surface area contributed by atoms with Crippen LogP contribution in [0.1, 0.15) is 73.1 Å². The van der Waals surface area contributed by atoms with E-state index in [1.54, 1.807) is 32.6 Å². The molecule has 0 saturated carbocycles. The van der Waals surface area contributed by atoms with E-state index in [-0.39, 0.29) is 31.3 Å². The lowest BCUT2D eigenvalue weighted by Crippen LogP contribution is -2.37. The van der Waals surface area contributed by atoms with Gasteiger partial charge in [0, 0.05) is 39.0 Å². The van der Waals surface area contributed by atoms with Crippen LogP contribution in [0.2, 0.25) is 0 Å². The van der Waals surface area contributed by atoms with E-state index in [0.717, 1.165) is 6.42 Å². The van der Waals surface area contributed by atoms with Crippen LogP contribution in [0.25, 0.3) is 0 Å². The Labute approximate surface area is 180 Å². The number of ether oxygens (including phenoxy) is 2. The Morgan fingerprint density at radius 1 is 0.867 bits per heavy atom. The van der Waals surface area contributed by atoms with Gasteiger partial charge in [0.05, 0.1) is 13.0 Å². The lowest BCUT2D eigenvalue weighted by molar-refractivity contribution is -0.145. The quantitative estimate of drug-likeness (QED) is 0.324. The summed E-state index contributed by atoms with van der Waals surface area (Å²) in [6.45, 7) is 11.0. The average Bonchev–Trinajstić information content (AvgIpc) is 2.63. The van der Waals surface area contributed by atoms with Crippen LogP contribution in [0.3, 0.4) is 0 Å². The van der Waals surface area contributed by atoms with E-state index in [9.17, 15) is 19.2 Å². The van der Waals surface area contributed by atoms with Crippen molar-refractivity contribution in [2.45, 2.75) is 78.7 Å². The number of alkyl carbamates (subject to hydrolysis) is 1. The van der Waals surface area contributed by atoms with Crippen LogP contribution in [0.5, 0.6) is 0 Å². The summed E-state index contributed by atoms with van der Waals surface area (Å²) in [4.78, 5) is 48.9. The van der Waals surface area contributed by atoms with Gasteiger partial charge < -0.3 is 25.0 Å². The van der Waals surface area contributed by atoms with Gasteiger partial charge in [0.15, 0.2) is 0 Å². The van der Waals surface area contributed by atoms with Gasteiger partial charge in [-0.2, -0.15) is 0 Å². The van der Waals surface area contributed by atoms with E-state index in [0.29, 0.717) is 45.4 Å². The Kier molecular flexibility index (Phi) is 14.3. The Morgan fingerprint density at radius 3 is 2.00 bits per heavy atom. The summed E-state index contributed by atoms with van der Waals surface area (Å²) >= 11 is 0. The highest BCUT2D eigenvalue weighted by atomic mass is 16.6. The molecule has 0 rings (SSSR count). The van der Waals surface area contributed by atoms with E-state index in [2.05, 4.69) is 10.6 Å². The lowest BCUT2D eigenvalue weighted by Gasteiger charge is -2.23. The molecule has 0 aliphatic rings. The molecule has 174 valence electrons. The minimum absolute atomic E-state index is 0.000696. The van der Waals surface area contributed by atoms with E-state index in [1.807, 2.05) is 6.92 Å². The number of amides is 3. The SMILES string of the molecule is CCCC(=O)NCCCN(CCCNC(=O)OC(C)(C)C)C(=O)CCC(=O)OCC. The van der Waals surface area contributed by atoms with Crippen LogP contribution >= 0.6 is 0 Å². The van der Waals surface area contributed by atoms with Crippen LogP contribution in [0, 0.1) is 0 Å². The fraction of sp³-hybridized carbons (Fsp3) is 0.810. The number of carbonyl (C=O) groups is 4. The molecule has 0 aromatic carbocycles. The predicted molar refractivity (Wildman–Crippen MR) is 114 cm³/mol. The molecule has 0 bridgehead atoms. The van der Waals surface area contributed by atoms with Crippen molar-refractivity contribution in [2.75, 3.05) is 32.8 Å². The summed E-state index contributed by atoms with van der Waals surface area (Å²) in [6, 6.07) is 0. The van der Waals surface area contributed by atoms with Crippen LogP contribution in [0.15, 0.2) is 0 Å². The standard InChI is InChI=1S/C21H39N3O6/c1-6-10-17(25)22-13-8-15-24(18(26)11-12-19(27)29-7-2)16-9-14-23-20(28)30-21(3,4)5/h6-16H2,1-5H3,(H,22,25)(H,23,28). The van der Waals surface area contributed by atoms with Crippen LogP contribution in [-0.2, 0) is 23.9 Å². The molecule has 3 amide bonds. The maximum atomic E-state index is 12.5. The minimum atomic E-state index is -0.568. The Balaban J connectivity index is 4.47. The third kappa shape index (κ3) is 15.6. The van der Waals surface area contributed by atoms with Gasteiger partial charge in [0.2, 0.25) is 11.8 Å². The maximum Gasteiger partial charge on any atom is 0.407 e. The highest BCUT2D eigenvalue weighted by molar-refractivity contribution is 5.81. The Morgan fingerprint density at radius 2 is 1.47 bits per heavy atom. The molecular weight excluding hydrogens is 390 g/mol. The number of hydrogen-bond acceptors (Lipinski definition) is 6. The Hall–Kier alpha value is -2.32. The molecule has 0 aromatic heterocycles. The second-order valence-electron chi connectivity index (χ2n) is 7.92. The molecule has 9 nitrogen and oxygen atoms in total. The minimum Gasteiger partial charge on any atom is -0.466 e. The van der Waals surface area contributed by atoms with Gasteiger partial charge in [-0.05, 0) is 47.0 Å². The fourth-order valence-corrected chi connectivity index (χ4v) is 2.55. The first-order valence-electron chi connectivity index (χ1n) is 10.8. The van der Waals surface area contributed by atoms with Crippen LogP contribution in [0.4, 0.5) is 4.79 Å². The zero-order chi connectivity index (χ0) is 23.0. The number of nitrogens with one attached hydrogen (secondary N) is 2. The first kappa shape index (κ1) is 27.7. The summed E-state index contributed by atoms with van der Waals surface area (Å²) in [6.07, 6.45) is 2.04. The zero-order valence-corrected chi connectivity index (χ0v) is 19.2. The summed E-state index contributed by atoms with van der Waals surface area (Å²) in [7, 11) is 0. The molecule has 0 fully saturated rings. The summed E-state index contributed by atoms with van der Waals surface area (Å²) in [5.41, 5.74) is -0.568. The van der Waals surface area contributed by atoms with Crippen molar-refractivity contribution in [3.05, 3.63) is 0 Å². The fourth-order valence-electron chi connectivity index (χ4n) is 2.55. The van der Waals surface area contributed by atoms with Crippen molar-refractivity contribution in [1.82, 2.24) is 15.5 Å². The second kappa shape index (κ2) is 15.5. The van der Waals surface area contributed by atoms with Gasteiger partial charge in [-0.25, -0.2) is 4.79 Å². The van der Waals surface area contributed by atoms with E-state index in [1.165, 1.54) is 0 Å². The average molecular weight is 430 g/mol. The molecule has 0 aliphatic heterocycles. The van der Waals surface area contributed by atoms with Gasteiger partial charge in [0.1, 0.15) is 5.60 Å². The van der Waals surface area contributed by atoms with Gasteiger partial charge in [-0.1, -0.05) is 6.92 Å². The summed E-state index contributed by atoms with van der Waals surface area (Å²) in [5.74, 6) is -0.552. The van der Waals surface area contributed by atoms with Crippen molar-refractivity contribution in [1.29, 1.82) is 0 Å². The predicted octanol–water partition coefficient (Wildman–Crippen LogP) is 2.38. The maximum absolute atomic E-state index is 12.5. The van der Waals surface area contributed by atoms with Gasteiger partial charge in [-0.15, -0.1) is 0 Å². The molecule has 0 radical (unpaired) electrons. The number of esters is 1. The third-order valence-corrected chi connectivity index (χ3v) is 3.88. The number of rotatable bonds is 14. The highest BCUT2D eigenvalue weighted by Crippen LogP contribution is 2.06. The molecule has 30 heavy (non-hydrogen) atoms. The molecule has 0 spiro atoms. The molecular formula is C21H39N3O6. The molecule has 9 heteroatoms. The van der Waals surface area contributed by atoms with Gasteiger partial charge in [-0.3, -0.25) is 14.4 Å². The third-order valence-electron chi connectivity index (χ3n) is 3.88. The molecule has 0 atom stereocenters. The molecule has 0 aromatic rings. The molecule has 0 heterocycles. The lowest BCUT2D eigenvalue weighted by atomic mass is 10.2. The number of hydrogen-bond donors (Lipinski definition) is 2. The number of carbonyl (C=O) groups excluding carboxylic acids is 4. The second-order valence-corrected chi connectivity index (χ2v) is 7.92. The first-order chi connectivity index (χ1) is 14.1. The smallest absolute Gasteiger partial charge is 0.407 e. The summed E-state index contributed by atoms with van der Waals surface area (Å²) < 4.78 is 10.0. The van der Waals surface area contributed by atoms with Crippen LogP contribution < -0.4 is 10.6 Å². The van der Waals surface area contributed by atoms with E-state index in [4.69, 9.17) is 9.47 Å².